The van der Waals surface area contributed by atoms with Gasteiger partial charge in [0, 0.05) is 0 Å². The van der Waals surface area contributed by atoms with Crippen molar-refractivity contribution in [3.05, 3.63) is 0 Å². The van der Waals surface area contributed by atoms with Crippen molar-refractivity contribution in [2.24, 2.45) is 0 Å². The number of carbonyl (C=O) groups excluding carboxylic acids is 1. The summed E-state index contributed by atoms with van der Waals surface area (Å²) in [6.45, 7) is 2.10. The maximum absolute atomic E-state index is 10.9. The molecule has 0 aliphatic heterocycles. The van der Waals surface area contributed by atoms with E-state index in [2.05, 4.69) is 271 Å². The number of hydrogen-bond donors (Lipinski definition) is 0. The molecule has 30 heavy (non-hydrogen) atoms. The van der Waals surface area contributed by atoms with Crippen LogP contribution in [0, 0.1) is 0 Å². The Hall–Kier alpha value is 7.63. The molecule has 2 nitrogen and oxygen atoms in total. The summed E-state index contributed by atoms with van der Waals surface area (Å²) in [5.74, 6) is 0. The molecule has 0 amide bonds. The second kappa shape index (κ2) is 12.7. The number of rotatable bonds is 9. The van der Waals surface area contributed by atoms with E-state index < -0.39 is 30.9 Å². The van der Waals surface area contributed by atoms with Crippen LogP contribution in [0.25, 0.3) is 0 Å². The highest BCUT2D eigenvalue weighted by atomic mass is 80.0. The molecule has 1 unspecified atom stereocenters. The van der Waals surface area contributed by atoms with Gasteiger partial charge in [0.25, 0.3) is 6.47 Å². The fraction of sp³-hybridized carbons (Fsp3) is 0.909. The summed E-state index contributed by atoms with van der Waals surface area (Å²) in [7, 11) is 0. The van der Waals surface area contributed by atoms with Gasteiger partial charge in [-0.15, -0.1) is 0 Å². The molecule has 0 saturated heterocycles. The maximum atomic E-state index is 10.9. The van der Waals surface area contributed by atoms with Gasteiger partial charge in [-0.25, -0.2) is 0 Å². The lowest BCUT2D eigenvalue weighted by Gasteiger charge is -2.57. The minimum Gasteiger partial charge on any atom is -0.462 e. The summed E-state index contributed by atoms with van der Waals surface area (Å²) in [6.07, 6.45) is -0.622. The summed E-state index contributed by atoms with van der Waals surface area (Å²) in [4.78, 5) is 10.9. The van der Waals surface area contributed by atoms with Crippen LogP contribution < -0.4 is 0 Å². The molecular formula is C11H5Br17O2. The Bertz CT molecular complexity index is 634. The number of halogens is 17. The van der Waals surface area contributed by atoms with Gasteiger partial charge in [-0.2, -0.15) is 0 Å². The number of ether oxygens (including phenoxy) is 1. The molecule has 19 heteroatoms. The molecule has 180 valence electrons. The van der Waals surface area contributed by atoms with Gasteiger partial charge in [-0.1, -0.05) is 271 Å². The van der Waals surface area contributed by atoms with Crippen LogP contribution in [0.15, 0.2) is 0 Å². The molecule has 0 aromatic rings. The quantitative estimate of drug-likeness (QED) is 0.170. The molecule has 0 aliphatic carbocycles. The van der Waals surface area contributed by atoms with Crippen LogP contribution in [0.1, 0.15) is 6.92 Å². The fourth-order valence-electron chi connectivity index (χ4n) is 1.60. The van der Waals surface area contributed by atoms with Gasteiger partial charge in [0.1, 0.15) is 28.7 Å². The Labute approximate surface area is 317 Å². The van der Waals surface area contributed by atoms with Crippen molar-refractivity contribution < 1.29 is 9.53 Å². The summed E-state index contributed by atoms with van der Waals surface area (Å²) in [5.41, 5.74) is 0. The van der Waals surface area contributed by atoms with Crippen molar-refractivity contribution in [2.75, 3.05) is 0 Å². The van der Waals surface area contributed by atoms with Crippen molar-refractivity contribution in [3.8, 4) is 0 Å². The van der Waals surface area contributed by atoms with Crippen LogP contribution >= 0.6 is 271 Å². The van der Waals surface area contributed by atoms with Gasteiger partial charge >= 0.3 is 0 Å². The topological polar surface area (TPSA) is 26.3 Å². The van der Waals surface area contributed by atoms with E-state index in [1.165, 1.54) is 0 Å². The summed E-state index contributed by atoms with van der Waals surface area (Å²) in [5, 5.41) is 0. The lowest BCUT2D eigenvalue weighted by atomic mass is 10.1. The largest absolute Gasteiger partial charge is 0.462 e. The Morgan fingerprint density at radius 1 is 0.533 bits per heavy atom. The molecule has 0 aromatic carbocycles. The number of alkyl halides is 17. The first kappa shape index (κ1) is 37.6. The molecule has 0 heterocycles. The Balaban J connectivity index is 6.73. The fourth-order valence-corrected chi connectivity index (χ4v) is 16.8. The number of hydrogen-bond acceptors (Lipinski definition) is 2. The van der Waals surface area contributed by atoms with Crippen molar-refractivity contribution in [1.82, 2.24) is 0 Å². The summed E-state index contributed by atoms with van der Waals surface area (Å²) in [6, 6.07) is 0. The zero-order valence-electron chi connectivity index (χ0n) is 13.4. The molecule has 0 fully saturated rings. The van der Waals surface area contributed by atoms with Crippen molar-refractivity contribution >= 4 is 277 Å². The molecule has 0 saturated carbocycles. The average Bonchev–Trinajstić information content (AvgIpc) is 2.52. The highest BCUT2D eigenvalue weighted by Gasteiger charge is 2.77. The van der Waals surface area contributed by atoms with E-state index >= 15 is 0 Å². The van der Waals surface area contributed by atoms with Crippen LogP contribution in [-0.4, -0.2) is 37.4 Å². The van der Waals surface area contributed by atoms with Crippen LogP contribution in [0.3, 0.4) is 0 Å². The third kappa shape index (κ3) is 6.74. The zero-order chi connectivity index (χ0) is 25.0. The molecule has 0 bridgehead atoms. The molecule has 1 atom stereocenters. The second-order valence-electron chi connectivity index (χ2n) is 5.44. The van der Waals surface area contributed by atoms with E-state index in [1.54, 1.807) is 6.92 Å². The van der Waals surface area contributed by atoms with E-state index in [4.69, 9.17) is 4.74 Å². The highest BCUT2D eigenvalue weighted by Crippen LogP contribution is 2.78. The van der Waals surface area contributed by atoms with Gasteiger partial charge in [0.15, 0.2) is 2.14 Å². The van der Waals surface area contributed by atoms with Gasteiger partial charge < -0.3 is 4.74 Å². The third-order valence-electron chi connectivity index (χ3n) is 3.52. The smallest absolute Gasteiger partial charge is 0.293 e. The molecule has 0 aromatic heterocycles. The lowest BCUT2D eigenvalue weighted by molar-refractivity contribution is -0.133. The third-order valence-corrected chi connectivity index (χ3v) is 38.1. The monoisotopic (exact) mass is 1510 g/mol. The first-order valence-electron chi connectivity index (χ1n) is 6.54. The average molecular weight is 1530 g/mol. The van der Waals surface area contributed by atoms with E-state index in [0.717, 1.165) is 0 Å². The summed E-state index contributed by atoms with van der Waals surface area (Å²) < 4.78 is -2.96. The van der Waals surface area contributed by atoms with Crippen molar-refractivity contribution in [1.29, 1.82) is 0 Å². The van der Waals surface area contributed by atoms with Crippen LogP contribution in [0.4, 0.5) is 0 Å². The van der Waals surface area contributed by atoms with E-state index in [-0.39, 0.29) is 0 Å². The van der Waals surface area contributed by atoms with Crippen LogP contribution in [-0.2, 0) is 9.53 Å². The lowest BCUT2D eigenvalue weighted by Crippen LogP contribution is -2.68. The standard InChI is InChI=1S/C11H5Br17O2/c1-3(30-2-29)4(12,13)5(14,15)6(16,17)7(18,19)8(20,21)9(22,23)10(24,25)11(26,27)28/h2-3H,1H3. The zero-order valence-corrected chi connectivity index (χ0v) is 40.4. The predicted octanol–water partition coefficient (Wildman–Crippen LogP) is 12.8. The minimum atomic E-state index is -1.10. The van der Waals surface area contributed by atoms with E-state index in [0.29, 0.717) is 6.47 Å². The predicted molar refractivity (Wildman–Crippen MR) is 190 cm³/mol. The van der Waals surface area contributed by atoms with Gasteiger partial charge in [0.05, 0.1) is 0 Å². The Kier molecular flexibility index (Phi) is 15.9. The molecule has 0 spiro atoms. The normalized spacial score (nSPS) is 17.0. The first-order valence-corrected chi connectivity index (χ1v) is 20.0. The number of carbonyl (C=O) groups is 1. The van der Waals surface area contributed by atoms with Gasteiger partial charge in [-0.05, 0) is 6.92 Å². The summed E-state index contributed by atoms with van der Waals surface area (Å²) >= 11 is 63.1. The van der Waals surface area contributed by atoms with Gasteiger partial charge in [0.2, 0.25) is 0 Å². The second-order valence-corrected chi connectivity index (χ2v) is 36.4. The van der Waals surface area contributed by atoms with Crippen LogP contribution in [0.5, 0.6) is 0 Å². The van der Waals surface area contributed by atoms with Crippen LogP contribution in [0.2, 0.25) is 0 Å². The first-order chi connectivity index (χ1) is 12.7. The molecule has 0 aliphatic rings. The van der Waals surface area contributed by atoms with Crippen molar-refractivity contribution in [3.63, 3.8) is 0 Å². The molecule has 0 N–H and O–H groups in total. The van der Waals surface area contributed by atoms with E-state index in [1.807, 2.05) is 0 Å². The molecule has 0 radical (unpaired) electrons. The Morgan fingerprint density at radius 3 is 1.07 bits per heavy atom. The highest BCUT2D eigenvalue weighted by molar-refractivity contribution is 9.42. The SMILES string of the molecule is CC(OC=O)C(Br)(Br)C(Br)(Br)C(Br)(Br)C(Br)(Br)C(Br)(Br)C(Br)(Br)C(Br)(Br)C(Br)(Br)Br. The van der Waals surface area contributed by atoms with Gasteiger partial charge in [-0.3, -0.25) is 4.79 Å². The maximum Gasteiger partial charge on any atom is 0.293 e. The van der Waals surface area contributed by atoms with Crippen molar-refractivity contribution in [2.45, 2.75) is 37.8 Å². The molecule has 0 rings (SSSR count). The molecular weight excluding hydrogens is 1520 g/mol. The Morgan fingerprint density at radius 2 is 0.800 bits per heavy atom. The van der Waals surface area contributed by atoms with E-state index in [9.17, 15) is 4.79 Å². The minimum absolute atomic E-state index is 0.380.